The Morgan fingerprint density at radius 1 is 1.15 bits per heavy atom. The molecule has 0 unspecified atom stereocenters. The molecule has 0 saturated carbocycles. The average Bonchev–Trinajstić information content (AvgIpc) is 2.46. The van der Waals surface area contributed by atoms with Crippen molar-refractivity contribution in [3.05, 3.63) is 24.0 Å². The smallest absolute Gasteiger partial charge is 0.267 e. The van der Waals surface area contributed by atoms with E-state index in [1.807, 2.05) is 6.07 Å². The highest BCUT2D eigenvalue weighted by molar-refractivity contribution is 5.91. The van der Waals surface area contributed by atoms with Crippen LogP contribution in [0.25, 0.3) is 0 Å². The number of anilines is 1. The number of rotatable bonds is 11. The van der Waals surface area contributed by atoms with E-state index in [1.54, 1.807) is 12.3 Å². The number of aromatic nitrogens is 1. The normalized spacial score (nSPS) is 10.4. The van der Waals surface area contributed by atoms with Crippen molar-refractivity contribution in [3.63, 3.8) is 0 Å². The molecule has 4 nitrogen and oxygen atoms in total. The van der Waals surface area contributed by atoms with Crippen molar-refractivity contribution >= 4 is 11.6 Å². The molecule has 0 aliphatic heterocycles. The highest BCUT2D eigenvalue weighted by atomic mass is 16.1. The summed E-state index contributed by atoms with van der Waals surface area (Å²) in [5.41, 5.74) is 6.42. The Morgan fingerprint density at radius 2 is 1.80 bits per heavy atom. The number of carbonyl (C=O) groups excluding carboxylic acids is 1. The van der Waals surface area contributed by atoms with Gasteiger partial charge >= 0.3 is 0 Å². The lowest BCUT2D eigenvalue weighted by molar-refractivity contribution is 0.0995. The fraction of sp³-hybridized carbons (Fsp3) is 0.625. The van der Waals surface area contributed by atoms with Gasteiger partial charge in [0.15, 0.2) is 0 Å². The molecule has 20 heavy (non-hydrogen) atoms. The third-order valence-electron chi connectivity index (χ3n) is 3.37. The second-order valence-electron chi connectivity index (χ2n) is 5.20. The number of primary amides is 1. The van der Waals surface area contributed by atoms with E-state index in [0.717, 1.165) is 18.7 Å². The second-order valence-corrected chi connectivity index (χ2v) is 5.20. The molecule has 0 atom stereocenters. The van der Waals surface area contributed by atoms with E-state index in [0.29, 0.717) is 5.69 Å². The third kappa shape index (κ3) is 7.12. The van der Waals surface area contributed by atoms with Gasteiger partial charge in [-0.2, -0.15) is 0 Å². The van der Waals surface area contributed by atoms with Gasteiger partial charge in [0.25, 0.3) is 5.91 Å². The molecule has 1 rings (SSSR count). The van der Waals surface area contributed by atoms with E-state index in [-0.39, 0.29) is 0 Å². The van der Waals surface area contributed by atoms with Crippen molar-refractivity contribution in [2.75, 3.05) is 11.9 Å². The first-order valence-electron chi connectivity index (χ1n) is 7.73. The molecule has 112 valence electrons. The molecule has 1 aromatic rings. The average molecular weight is 277 g/mol. The fourth-order valence-electron chi connectivity index (χ4n) is 2.17. The Kier molecular flexibility index (Phi) is 8.43. The van der Waals surface area contributed by atoms with Crippen molar-refractivity contribution < 1.29 is 4.79 Å². The third-order valence-corrected chi connectivity index (χ3v) is 3.37. The molecule has 1 amide bonds. The molecule has 0 bridgehead atoms. The summed E-state index contributed by atoms with van der Waals surface area (Å²) in [5.74, 6) is -0.485. The molecular weight excluding hydrogens is 250 g/mol. The van der Waals surface area contributed by atoms with Crippen LogP contribution in [-0.2, 0) is 0 Å². The Hall–Kier alpha value is -1.58. The highest BCUT2D eigenvalue weighted by Crippen LogP contribution is 2.10. The molecule has 0 fully saturated rings. The van der Waals surface area contributed by atoms with Gasteiger partial charge in [0, 0.05) is 18.4 Å². The maximum atomic E-state index is 11.0. The minimum atomic E-state index is -0.485. The second kappa shape index (κ2) is 10.2. The molecule has 1 heterocycles. The maximum Gasteiger partial charge on any atom is 0.267 e. The Labute approximate surface area is 122 Å². The lowest BCUT2D eigenvalue weighted by atomic mass is 10.1. The number of pyridine rings is 1. The van der Waals surface area contributed by atoms with Crippen LogP contribution in [0.2, 0.25) is 0 Å². The number of amides is 1. The van der Waals surface area contributed by atoms with Gasteiger partial charge in [-0.05, 0) is 18.6 Å². The van der Waals surface area contributed by atoms with Crippen LogP contribution in [0.3, 0.4) is 0 Å². The van der Waals surface area contributed by atoms with Crippen molar-refractivity contribution in [2.45, 2.75) is 58.3 Å². The van der Waals surface area contributed by atoms with E-state index in [4.69, 9.17) is 5.73 Å². The predicted octanol–water partition coefficient (Wildman–Crippen LogP) is 3.73. The van der Waals surface area contributed by atoms with Crippen LogP contribution < -0.4 is 11.1 Å². The van der Waals surface area contributed by atoms with Gasteiger partial charge in [-0.3, -0.25) is 9.78 Å². The SMILES string of the molecule is CCCCCCCCCCNc1ccnc(C(N)=O)c1. The molecule has 0 saturated heterocycles. The summed E-state index contributed by atoms with van der Waals surface area (Å²) in [4.78, 5) is 14.9. The first-order valence-corrected chi connectivity index (χ1v) is 7.73. The van der Waals surface area contributed by atoms with Crippen LogP contribution in [0.15, 0.2) is 18.3 Å². The molecular formula is C16H27N3O. The molecule has 0 radical (unpaired) electrons. The molecule has 0 aliphatic rings. The van der Waals surface area contributed by atoms with Gasteiger partial charge in [-0.15, -0.1) is 0 Å². The van der Waals surface area contributed by atoms with E-state index in [9.17, 15) is 4.79 Å². The maximum absolute atomic E-state index is 11.0. The topological polar surface area (TPSA) is 68.0 Å². The molecule has 0 aliphatic carbocycles. The fourth-order valence-corrected chi connectivity index (χ4v) is 2.17. The van der Waals surface area contributed by atoms with Crippen LogP contribution in [-0.4, -0.2) is 17.4 Å². The number of unbranched alkanes of at least 4 members (excludes halogenated alkanes) is 7. The van der Waals surface area contributed by atoms with Gasteiger partial charge in [-0.1, -0.05) is 51.9 Å². The van der Waals surface area contributed by atoms with Gasteiger partial charge in [0.1, 0.15) is 5.69 Å². The monoisotopic (exact) mass is 277 g/mol. The van der Waals surface area contributed by atoms with Crippen LogP contribution in [0, 0.1) is 0 Å². The van der Waals surface area contributed by atoms with Gasteiger partial charge in [0.05, 0.1) is 0 Å². The predicted molar refractivity (Wildman–Crippen MR) is 83.9 cm³/mol. The Morgan fingerprint density at radius 3 is 2.45 bits per heavy atom. The number of nitrogens with two attached hydrogens (primary N) is 1. The van der Waals surface area contributed by atoms with Crippen LogP contribution >= 0.6 is 0 Å². The lowest BCUT2D eigenvalue weighted by Crippen LogP contribution is -2.13. The van der Waals surface area contributed by atoms with Crippen LogP contribution in [0.5, 0.6) is 0 Å². The summed E-state index contributed by atoms with van der Waals surface area (Å²) >= 11 is 0. The zero-order valence-electron chi connectivity index (χ0n) is 12.5. The van der Waals surface area contributed by atoms with Gasteiger partial charge < -0.3 is 11.1 Å². The summed E-state index contributed by atoms with van der Waals surface area (Å²) < 4.78 is 0. The van der Waals surface area contributed by atoms with Crippen LogP contribution in [0.1, 0.15) is 68.8 Å². The Bertz CT molecular complexity index is 393. The summed E-state index contributed by atoms with van der Waals surface area (Å²) in [7, 11) is 0. The van der Waals surface area contributed by atoms with E-state index in [2.05, 4.69) is 17.2 Å². The van der Waals surface area contributed by atoms with Crippen LogP contribution in [0.4, 0.5) is 5.69 Å². The number of nitrogens with zero attached hydrogens (tertiary/aromatic N) is 1. The quantitative estimate of drug-likeness (QED) is 0.605. The van der Waals surface area contributed by atoms with E-state index < -0.39 is 5.91 Å². The number of carbonyl (C=O) groups is 1. The lowest BCUT2D eigenvalue weighted by Gasteiger charge is -2.07. The zero-order valence-corrected chi connectivity index (χ0v) is 12.5. The molecule has 4 heteroatoms. The molecule has 0 aromatic carbocycles. The summed E-state index contributed by atoms with van der Waals surface area (Å²) in [5, 5.41) is 3.30. The molecule has 3 N–H and O–H groups in total. The summed E-state index contributed by atoms with van der Waals surface area (Å²) in [6.07, 6.45) is 12.1. The molecule has 0 spiro atoms. The minimum absolute atomic E-state index is 0.311. The van der Waals surface area contributed by atoms with Crippen molar-refractivity contribution in [2.24, 2.45) is 5.73 Å². The van der Waals surface area contributed by atoms with Crippen molar-refractivity contribution in [1.82, 2.24) is 4.98 Å². The first-order chi connectivity index (χ1) is 9.74. The highest BCUT2D eigenvalue weighted by Gasteiger charge is 2.02. The number of hydrogen-bond acceptors (Lipinski definition) is 3. The first kappa shape index (κ1) is 16.5. The van der Waals surface area contributed by atoms with Gasteiger partial charge in [0.2, 0.25) is 0 Å². The minimum Gasteiger partial charge on any atom is -0.385 e. The standard InChI is InChI=1S/C16H27N3O/c1-2-3-4-5-6-7-8-9-11-18-14-10-12-19-15(13-14)16(17)20/h10,12-13H,2-9,11H2,1H3,(H2,17,20)(H,18,19). The number of nitrogens with one attached hydrogen (secondary N) is 1. The molecule has 1 aromatic heterocycles. The van der Waals surface area contributed by atoms with Gasteiger partial charge in [-0.25, -0.2) is 0 Å². The number of hydrogen-bond donors (Lipinski definition) is 2. The summed E-state index contributed by atoms with van der Waals surface area (Å²) in [6.45, 7) is 3.17. The van der Waals surface area contributed by atoms with Crippen molar-refractivity contribution in [1.29, 1.82) is 0 Å². The Balaban J connectivity index is 2.06. The van der Waals surface area contributed by atoms with Crippen molar-refractivity contribution in [3.8, 4) is 0 Å². The van der Waals surface area contributed by atoms with E-state index in [1.165, 1.54) is 44.9 Å². The summed E-state index contributed by atoms with van der Waals surface area (Å²) in [6, 6.07) is 3.56. The zero-order chi connectivity index (χ0) is 14.6. The largest absolute Gasteiger partial charge is 0.385 e. The van der Waals surface area contributed by atoms with E-state index >= 15 is 0 Å².